The molecule has 3 aromatic rings. The van der Waals surface area contributed by atoms with E-state index in [-0.39, 0.29) is 5.91 Å². The number of hydrogen-bond donors (Lipinski definition) is 1. The minimum absolute atomic E-state index is 0.250. The Hall–Kier alpha value is -2.47. The van der Waals surface area contributed by atoms with Gasteiger partial charge in [0.1, 0.15) is 5.69 Å². The minimum Gasteiger partial charge on any atom is -0.340 e. The molecule has 0 aliphatic heterocycles. The van der Waals surface area contributed by atoms with Gasteiger partial charge in [-0.3, -0.25) is 10.1 Å². The van der Waals surface area contributed by atoms with Gasteiger partial charge in [-0.15, -0.1) is 11.3 Å². The molecule has 6 heteroatoms. The Morgan fingerprint density at radius 3 is 2.71 bits per heavy atom. The van der Waals surface area contributed by atoms with Crippen LogP contribution in [0.4, 0.5) is 5.13 Å². The quantitative estimate of drug-likeness (QED) is 0.808. The third-order valence-corrected chi connectivity index (χ3v) is 3.77. The molecular formula is C15H14N4OS. The molecule has 0 saturated heterocycles. The zero-order valence-corrected chi connectivity index (χ0v) is 12.5. The van der Waals surface area contributed by atoms with Gasteiger partial charge in [-0.2, -0.15) is 0 Å². The summed E-state index contributed by atoms with van der Waals surface area (Å²) in [6.45, 7) is 2.04. The Bertz CT molecular complexity index is 773. The number of rotatable bonds is 3. The van der Waals surface area contributed by atoms with E-state index >= 15 is 0 Å². The van der Waals surface area contributed by atoms with Crippen molar-refractivity contribution in [2.24, 2.45) is 7.05 Å². The predicted molar refractivity (Wildman–Crippen MR) is 83.4 cm³/mol. The van der Waals surface area contributed by atoms with Crippen molar-refractivity contribution in [1.29, 1.82) is 0 Å². The summed E-state index contributed by atoms with van der Waals surface area (Å²) in [5.74, 6) is -0.250. The van der Waals surface area contributed by atoms with Crippen LogP contribution in [0.1, 0.15) is 16.1 Å². The van der Waals surface area contributed by atoms with Crippen LogP contribution < -0.4 is 5.32 Å². The molecule has 3 rings (SSSR count). The highest BCUT2D eigenvalue weighted by Crippen LogP contribution is 2.25. The Balaban J connectivity index is 1.76. The van der Waals surface area contributed by atoms with Crippen LogP contribution in [0.5, 0.6) is 0 Å². The lowest BCUT2D eigenvalue weighted by atomic mass is 10.1. The van der Waals surface area contributed by atoms with Crippen molar-refractivity contribution < 1.29 is 4.79 Å². The molecule has 0 spiro atoms. The number of nitrogens with zero attached hydrogens (tertiary/aromatic N) is 3. The van der Waals surface area contributed by atoms with Crippen LogP contribution in [0.15, 0.2) is 42.2 Å². The van der Waals surface area contributed by atoms with E-state index in [1.807, 2.05) is 43.6 Å². The molecule has 0 atom stereocenters. The molecule has 106 valence electrons. The van der Waals surface area contributed by atoms with E-state index in [1.165, 1.54) is 16.9 Å². The number of imidazole rings is 1. The smallest absolute Gasteiger partial charge is 0.277 e. The summed E-state index contributed by atoms with van der Waals surface area (Å²) in [6.07, 6.45) is 3.26. The van der Waals surface area contributed by atoms with E-state index in [0.717, 1.165) is 11.3 Å². The van der Waals surface area contributed by atoms with Crippen molar-refractivity contribution >= 4 is 22.4 Å². The lowest BCUT2D eigenvalue weighted by Gasteiger charge is -1.98. The number of hydrogen-bond acceptors (Lipinski definition) is 4. The Morgan fingerprint density at radius 2 is 2.05 bits per heavy atom. The van der Waals surface area contributed by atoms with E-state index in [9.17, 15) is 4.79 Å². The second-order valence-electron chi connectivity index (χ2n) is 4.78. The molecular weight excluding hydrogens is 284 g/mol. The molecule has 1 amide bonds. The summed E-state index contributed by atoms with van der Waals surface area (Å²) in [5.41, 5.74) is 3.48. The first-order chi connectivity index (χ1) is 10.1. The lowest BCUT2D eigenvalue weighted by molar-refractivity contribution is 0.102. The van der Waals surface area contributed by atoms with Crippen LogP contribution in [0, 0.1) is 6.92 Å². The van der Waals surface area contributed by atoms with E-state index in [4.69, 9.17) is 0 Å². The van der Waals surface area contributed by atoms with E-state index in [2.05, 4.69) is 15.3 Å². The average molecular weight is 298 g/mol. The SMILES string of the molecule is Cc1ccc(-c2csc(NC(=O)c3cn(C)cn3)n2)cc1. The van der Waals surface area contributed by atoms with E-state index in [0.29, 0.717) is 10.8 Å². The standard InChI is InChI=1S/C15H14N4OS/c1-10-3-5-11(6-4-10)13-8-21-15(17-13)18-14(20)12-7-19(2)9-16-12/h3-9H,1-2H3,(H,17,18,20). The molecule has 1 aromatic carbocycles. The number of anilines is 1. The number of nitrogens with one attached hydrogen (secondary N) is 1. The third-order valence-electron chi connectivity index (χ3n) is 3.01. The molecule has 5 nitrogen and oxygen atoms in total. The Morgan fingerprint density at radius 1 is 1.29 bits per heavy atom. The molecule has 0 radical (unpaired) electrons. The number of carbonyl (C=O) groups is 1. The summed E-state index contributed by atoms with van der Waals surface area (Å²) in [7, 11) is 1.82. The van der Waals surface area contributed by atoms with Crippen LogP contribution in [0.25, 0.3) is 11.3 Å². The van der Waals surface area contributed by atoms with Crippen molar-refractivity contribution in [3.05, 3.63) is 53.4 Å². The first-order valence-corrected chi connectivity index (χ1v) is 7.31. The fourth-order valence-corrected chi connectivity index (χ4v) is 2.59. The molecule has 2 heterocycles. The van der Waals surface area contributed by atoms with Gasteiger partial charge in [0.05, 0.1) is 12.0 Å². The molecule has 1 N–H and O–H groups in total. The van der Waals surface area contributed by atoms with Crippen molar-refractivity contribution in [1.82, 2.24) is 14.5 Å². The molecule has 0 aliphatic carbocycles. The molecule has 2 aromatic heterocycles. The maximum atomic E-state index is 12.0. The largest absolute Gasteiger partial charge is 0.340 e. The maximum absolute atomic E-state index is 12.0. The fourth-order valence-electron chi connectivity index (χ4n) is 1.88. The Kier molecular flexibility index (Phi) is 3.53. The second kappa shape index (κ2) is 5.49. The summed E-state index contributed by atoms with van der Waals surface area (Å²) in [4.78, 5) is 20.4. The van der Waals surface area contributed by atoms with Gasteiger partial charge in [-0.05, 0) is 6.92 Å². The summed E-state index contributed by atoms with van der Waals surface area (Å²) < 4.78 is 1.73. The molecule has 0 unspecified atom stereocenters. The Labute approximate surface area is 126 Å². The highest BCUT2D eigenvalue weighted by atomic mass is 32.1. The van der Waals surface area contributed by atoms with Crippen molar-refractivity contribution in [3.8, 4) is 11.3 Å². The molecule has 21 heavy (non-hydrogen) atoms. The molecule has 0 bridgehead atoms. The topological polar surface area (TPSA) is 59.8 Å². The van der Waals surface area contributed by atoms with Crippen LogP contribution in [0.2, 0.25) is 0 Å². The monoisotopic (exact) mass is 298 g/mol. The van der Waals surface area contributed by atoms with Gasteiger partial charge in [-0.25, -0.2) is 9.97 Å². The van der Waals surface area contributed by atoms with Gasteiger partial charge < -0.3 is 4.57 Å². The van der Waals surface area contributed by atoms with Crippen molar-refractivity contribution in [3.63, 3.8) is 0 Å². The molecule has 0 aliphatic rings. The van der Waals surface area contributed by atoms with Gasteiger partial charge >= 0.3 is 0 Å². The van der Waals surface area contributed by atoms with Gasteiger partial charge in [0, 0.05) is 24.2 Å². The van der Waals surface area contributed by atoms with Gasteiger partial charge in [0.15, 0.2) is 5.13 Å². The molecule has 0 fully saturated rings. The number of thiazole rings is 1. The number of aromatic nitrogens is 3. The third kappa shape index (κ3) is 3.00. The zero-order valence-electron chi connectivity index (χ0n) is 11.7. The lowest BCUT2D eigenvalue weighted by Crippen LogP contribution is -2.12. The summed E-state index contributed by atoms with van der Waals surface area (Å²) in [6, 6.07) is 8.13. The number of amides is 1. The first kappa shape index (κ1) is 13.5. The minimum atomic E-state index is -0.250. The van der Waals surface area contributed by atoms with Gasteiger partial charge in [0.2, 0.25) is 0 Å². The van der Waals surface area contributed by atoms with Crippen LogP contribution in [0.3, 0.4) is 0 Å². The summed E-state index contributed by atoms with van der Waals surface area (Å²) in [5, 5.41) is 5.27. The van der Waals surface area contributed by atoms with Gasteiger partial charge in [0.25, 0.3) is 5.91 Å². The van der Waals surface area contributed by atoms with Gasteiger partial charge in [-0.1, -0.05) is 29.8 Å². The van der Waals surface area contributed by atoms with Crippen LogP contribution in [-0.2, 0) is 7.05 Å². The summed E-state index contributed by atoms with van der Waals surface area (Å²) >= 11 is 1.40. The zero-order chi connectivity index (χ0) is 14.8. The highest BCUT2D eigenvalue weighted by Gasteiger charge is 2.11. The van der Waals surface area contributed by atoms with Crippen molar-refractivity contribution in [2.75, 3.05) is 5.32 Å². The maximum Gasteiger partial charge on any atom is 0.277 e. The fraction of sp³-hybridized carbons (Fsp3) is 0.133. The average Bonchev–Trinajstić information content (AvgIpc) is 3.09. The van der Waals surface area contributed by atoms with E-state index in [1.54, 1.807) is 17.1 Å². The number of benzene rings is 1. The highest BCUT2D eigenvalue weighted by molar-refractivity contribution is 7.14. The van der Waals surface area contributed by atoms with E-state index < -0.39 is 0 Å². The normalized spacial score (nSPS) is 10.6. The second-order valence-corrected chi connectivity index (χ2v) is 5.64. The van der Waals surface area contributed by atoms with Crippen LogP contribution >= 0.6 is 11.3 Å². The molecule has 0 saturated carbocycles. The van der Waals surface area contributed by atoms with Crippen molar-refractivity contribution in [2.45, 2.75) is 6.92 Å². The first-order valence-electron chi connectivity index (χ1n) is 6.44. The number of carbonyl (C=O) groups excluding carboxylic acids is 1. The predicted octanol–water partition coefficient (Wildman–Crippen LogP) is 3.10. The number of aryl methyl sites for hydroxylation is 2. The van der Waals surface area contributed by atoms with Crippen LogP contribution in [-0.4, -0.2) is 20.4 Å².